The van der Waals surface area contributed by atoms with Gasteiger partial charge in [0.25, 0.3) is 0 Å². The lowest BCUT2D eigenvalue weighted by molar-refractivity contribution is -0.188. The summed E-state index contributed by atoms with van der Waals surface area (Å²) in [7, 11) is 0. The molecule has 19 heteroatoms. The van der Waals surface area contributed by atoms with E-state index in [2.05, 4.69) is 21.3 Å². The molecule has 4 N–H and O–H groups in total. The second-order valence-corrected chi connectivity index (χ2v) is 13.2. The van der Waals surface area contributed by atoms with Crippen molar-refractivity contribution in [2.75, 3.05) is 39.5 Å². The Labute approximate surface area is 307 Å². The number of carbonyl (C=O) groups excluding carboxylic acids is 4. The zero-order chi connectivity index (χ0) is 38.2. The molecule has 0 spiro atoms. The first-order chi connectivity index (χ1) is 24.6. The van der Waals surface area contributed by atoms with E-state index >= 15 is 0 Å². The fourth-order valence-electron chi connectivity index (χ4n) is 5.98. The van der Waals surface area contributed by atoms with E-state index in [1.807, 2.05) is 0 Å². The standard InChI is InChI=1S/C33H50N4O14S/c1-9-42-27(38)17(28(39)43-10-2)13-34-25-23-21(48-32(5,6)50-23)19(46-25)15-36-31(52)37-16-20-22-24(51-33(7,8)49-22)26(47-20)35-14-18(29(40)44-11-3)30(41)45-12-4/h13-14,19-26,34-35H,9-12,15-16H2,1-8H3,(H2,36,37,52)/t19-,20-,21-,22-,23-,24-,25+,26+/m1/s1. The van der Waals surface area contributed by atoms with Crippen molar-refractivity contribution in [3.63, 3.8) is 0 Å². The number of esters is 4. The molecule has 52 heavy (non-hydrogen) atoms. The van der Waals surface area contributed by atoms with Crippen molar-refractivity contribution >= 4 is 41.2 Å². The lowest BCUT2D eigenvalue weighted by Crippen LogP contribution is -2.47. The lowest BCUT2D eigenvalue weighted by atomic mass is 10.1. The summed E-state index contributed by atoms with van der Waals surface area (Å²) >= 11 is 5.56. The Bertz CT molecular complexity index is 1250. The number of carbonyl (C=O) groups is 4. The Balaban J connectivity index is 1.37. The first-order valence-electron chi connectivity index (χ1n) is 17.3. The number of ether oxygens (including phenoxy) is 10. The third-order valence-electron chi connectivity index (χ3n) is 7.99. The van der Waals surface area contributed by atoms with E-state index in [1.54, 1.807) is 55.4 Å². The molecule has 8 atom stereocenters. The third kappa shape index (κ3) is 10.3. The molecule has 0 unspecified atom stereocenters. The molecule has 292 valence electrons. The summed E-state index contributed by atoms with van der Waals surface area (Å²) < 4.78 is 56.8. The van der Waals surface area contributed by atoms with Crippen LogP contribution < -0.4 is 21.3 Å². The predicted octanol–water partition coefficient (Wildman–Crippen LogP) is 0.140. The maximum Gasteiger partial charge on any atom is 0.347 e. The number of fused-ring (bicyclic) bond motifs is 2. The van der Waals surface area contributed by atoms with E-state index in [0.717, 1.165) is 0 Å². The smallest absolute Gasteiger partial charge is 0.347 e. The molecular formula is C33H50N4O14S. The van der Waals surface area contributed by atoms with E-state index in [4.69, 9.17) is 59.6 Å². The Morgan fingerprint density at radius 2 is 0.885 bits per heavy atom. The van der Waals surface area contributed by atoms with Gasteiger partial charge in [-0.3, -0.25) is 0 Å². The first-order valence-corrected chi connectivity index (χ1v) is 17.7. The summed E-state index contributed by atoms with van der Waals surface area (Å²) in [5, 5.41) is 12.5. The number of rotatable bonds is 16. The molecule has 0 bridgehead atoms. The Kier molecular flexibility index (Phi) is 14.2. The van der Waals surface area contributed by atoms with Gasteiger partial charge in [-0.15, -0.1) is 0 Å². The molecule has 0 aromatic heterocycles. The van der Waals surface area contributed by atoms with Gasteiger partial charge in [0.15, 0.2) is 40.3 Å². The first kappa shape index (κ1) is 41.2. The maximum absolute atomic E-state index is 12.4. The number of hydrogen-bond donors (Lipinski definition) is 4. The fraction of sp³-hybridized carbons (Fsp3) is 0.727. The van der Waals surface area contributed by atoms with Crippen LogP contribution >= 0.6 is 12.2 Å². The topological polar surface area (TPSA) is 209 Å². The minimum absolute atomic E-state index is 0.0732. The molecule has 4 saturated heterocycles. The molecular weight excluding hydrogens is 708 g/mol. The molecule has 0 aromatic carbocycles. The number of hydrogen-bond acceptors (Lipinski definition) is 17. The van der Waals surface area contributed by atoms with Crippen LogP contribution in [0.4, 0.5) is 0 Å². The normalized spacial score (nSPS) is 29.1. The third-order valence-corrected chi connectivity index (χ3v) is 8.28. The zero-order valence-corrected chi connectivity index (χ0v) is 31.5. The maximum atomic E-state index is 12.4. The van der Waals surface area contributed by atoms with Crippen molar-refractivity contribution in [1.29, 1.82) is 0 Å². The molecule has 0 aromatic rings. The van der Waals surface area contributed by atoms with Crippen LogP contribution in [0, 0.1) is 0 Å². The minimum atomic E-state index is -0.925. The highest BCUT2D eigenvalue weighted by molar-refractivity contribution is 7.80. The van der Waals surface area contributed by atoms with E-state index in [1.165, 1.54) is 12.4 Å². The summed E-state index contributed by atoms with van der Waals surface area (Å²) in [5.41, 5.74) is -0.644. The van der Waals surface area contributed by atoms with Crippen LogP contribution in [0.2, 0.25) is 0 Å². The molecule has 4 aliphatic heterocycles. The highest BCUT2D eigenvalue weighted by atomic mass is 32.1. The van der Waals surface area contributed by atoms with Crippen LogP contribution in [0.15, 0.2) is 23.5 Å². The van der Waals surface area contributed by atoms with Crippen LogP contribution in [0.25, 0.3) is 0 Å². The zero-order valence-electron chi connectivity index (χ0n) is 30.6. The second kappa shape index (κ2) is 18.0. The summed E-state index contributed by atoms with van der Waals surface area (Å²) in [4.78, 5) is 49.7. The Morgan fingerprint density at radius 1 is 0.577 bits per heavy atom. The van der Waals surface area contributed by atoms with Gasteiger partial charge in [-0.2, -0.15) is 0 Å². The van der Waals surface area contributed by atoms with Crippen molar-refractivity contribution in [3.8, 4) is 0 Å². The van der Waals surface area contributed by atoms with E-state index in [0.29, 0.717) is 0 Å². The molecule has 4 heterocycles. The Morgan fingerprint density at radius 3 is 1.19 bits per heavy atom. The SMILES string of the molecule is CCOC(=O)C(=CN[C@H]1O[C@H](CNC(=S)NC[C@H]2O[C@H](NC=C(C(=O)OCC)C(=O)OCC)[C@@H]3OC(C)(C)O[C@@H]32)[C@H]2OC(C)(C)O[C@H]21)C(=O)OCC. The van der Waals surface area contributed by atoms with Gasteiger partial charge in [-0.25, -0.2) is 19.2 Å². The van der Waals surface area contributed by atoms with Crippen LogP contribution in [-0.4, -0.2) is 129 Å². The average Bonchev–Trinajstić information content (AvgIpc) is 3.76. The highest BCUT2D eigenvalue weighted by Gasteiger charge is 2.56. The molecule has 0 radical (unpaired) electrons. The van der Waals surface area contributed by atoms with Crippen LogP contribution in [0.3, 0.4) is 0 Å². The van der Waals surface area contributed by atoms with Gasteiger partial charge in [-0.05, 0) is 67.6 Å². The monoisotopic (exact) mass is 758 g/mol. The lowest BCUT2D eigenvalue weighted by Gasteiger charge is -2.25. The quantitative estimate of drug-likeness (QED) is 0.0412. The number of thiocarbonyl (C=S) groups is 1. The van der Waals surface area contributed by atoms with E-state index in [9.17, 15) is 19.2 Å². The van der Waals surface area contributed by atoms with Crippen molar-refractivity contribution in [3.05, 3.63) is 23.5 Å². The molecule has 18 nitrogen and oxygen atoms in total. The summed E-state index contributed by atoms with van der Waals surface area (Å²) in [6.45, 7) is 14.3. The highest BCUT2D eigenvalue weighted by Crippen LogP contribution is 2.39. The van der Waals surface area contributed by atoms with Crippen molar-refractivity contribution in [1.82, 2.24) is 21.3 Å². The van der Waals surface area contributed by atoms with Gasteiger partial charge in [0, 0.05) is 25.5 Å². The van der Waals surface area contributed by atoms with E-state index < -0.39 is 84.5 Å². The van der Waals surface area contributed by atoms with Gasteiger partial charge in [-0.1, -0.05) is 0 Å². The molecule has 0 aliphatic carbocycles. The summed E-state index contributed by atoms with van der Waals surface area (Å²) in [6.07, 6.45) is -2.54. The molecule has 4 fully saturated rings. The second-order valence-electron chi connectivity index (χ2n) is 12.7. The van der Waals surface area contributed by atoms with E-state index in [-0.39, 0.29) is 55.8 Å². The minimum Gasteiger partial charge on any atom is -0.462 e. The van der Waals surface area contributed by atoms with Crippen LogP contribution in [-0.2, 0) is 66.5 Å². The van der Waals surface area contributed by atoms with Crippen LogP contribution in [0.1, 0.15) is 55.4 Å². The van der Waals surface area contributed by atoms with Gasteiger partial charge < -0.3 is 68.6 Å². The average molecular weight is 759 g/mol. The van der Waals surface area contributed by atoms with Crippen molar-refractivity contribution in [2.45, 2.75) is 116 Å². The Hall–Kier alpha value is -3.59. The molecule has 0 saturated carbocycles. The predicted molar refractivity (Wildman–Crippen MR) is 183 cm³/mol. The summed E-state index contributed by atoms with van der Waals surface area (Å²) in [5.74, 6) is -5.21. The number of nitrogens with one attached hydrogen (secondary N) is 4. The molecule has 4 rings (SSSR count). The van der Waals surface area contributed by atoms with Gasteiger partial charge >= 0.3 is 23.9 Å². The van der Waals surface area contributed by atoms with Gasteiger partial charge in [0.2, 0.25) is 0 Å². The molecule has 4 aliphatic rings. The largest absolute Gasteiger partial charge is 0.462 e. The fourth-order valence-corrected chi connectivity index (χ4v) is 6.15. The van der Waals surface area contributed by atoms with Gasteiger partial charge in [0.1, 0.15) is 36.6 Å². The van der Waals surface area contributed by atoms with Crippen LogP contribution in [0.5, 0.6) is 0 Å². The van der Waals surface area contributed by atoms with Crippen molar-refractivity contribution in [2.24, 2.45) is 0 Å². The molecule has 0 amide bonds. The van der Waals surface area contributed by atoms with Gasteiger partial charge in [0.05, 0.1) is 26.4 Å². The van der Waals surface area contributed by atoms with Crippen molar-refractivity contribution < 1.29 is 66.5 Å². The summed E-state index contributed by atoms with van der Waals surface area (Å²) in [6, 6.07) is 0.